The maximum Gasteiger partial charge on any atom is 0.319 e. The maximum absolute atomic E-state index is 12.3. The summed E-state index contributed by atoms with van der Waals surface area (Å²) in [4.78, 5) is 14.3. The van der Waals surface area contributed by atoms with Crippen molar-refractivity contribution in [1.82, 2.24) is 10.2 Å². The zero-order valence-electron chi connectivity index (χ0n) is 15.4. The number of nitriles is 1. The van der Waals surface area contributed by atoms with Crippen molar-refractivity contribution in [2.75, 3.05) is 26.0 Å². The molecule has 2 amide bonds. The van der Waals surface area contributed by atoms with Gasteiger partial charge in [0.15, 0.2) is 0 Å². The largest absolute Gasteiger partial charge is 0.489 e. The lowest BCUT2D eigenvalue weighted by molar-refractivity contribution is 0.232. The Morgan fingerprint density at radius 1 is 1.35 bits per heavy atom. The number of nitrogens with one attached hydrogen (secondary N) is 2. The average molecular weight is 356 g/mol. The molecular weight excluding hydrogens is 332 g/mol. The molecule has 138 valence electrons. The van der Waals surface area contributed by atoms with Crippen LogP contribution in [0, 0.1) is 11.3 Å². The van der Waals surface area contributed by atoms with Gasteiger partial charge >= 0.3 is 6.03 Å². The fourth-order valence-electron chi connectivity index (χ4n) is 2.43. The van der Waals surface area contributed by atoms with Gasteiger partial charge in [0.05, 0.1) is 35.7 Å². The summed E-state index contributed by atoms with van der Waals surface area (Å²) in [5.41, 5.74) is 0.896. The van der Waals surface area contributed by atoms with Crippen LogP contribution in [0.5, 0.6) is 5.75 Å². The van der Waals surface area contributed by atoms with Crippen molar-refractivity contribution in [3.05, 3.63) is 47.9 Å². The number of urea groups is 1. The highest BCUT2D eigenvalue weighted by Crippen LogP contribution is 2.27. The second-order valence-electron chi connectivity index (χ2n) is 6.32. The minimum atomic E-state index is -0.382. The normalized spacial score (nSPS) is 11.9. The van der Waals surface area contributed by atoms with Crippen LogP contribution in [0.1, 0.15) is 31.2 Å². The standard InChI is InChI=1S/C19H24N4O3/c1-13(2)26-17-8-7-14(11-20)10-15(17)22-19(24)21-12-16(23(3)4)18-6-5-9-25-18/h5-10,13,16H,12H2,1-4H3,(H2,21,22,24). The first-order valence-electron chi connectivity index (χ1n) is 8.36. The molecule has 1 heterocycles. The second kappa shape index (κ2) is 8.92. The Hall–Kier alpha value is -2.98. The lowest BCUT2D eigenvalue weighted by Gasteiger charge is -2.23. The number of benzene rings is 1. The van der Waals surface area contributed by atoms with Crippen molar-refractivity contribution in [3.63, 3.8) is 0 Å². The second-order valence-corrected chi connectivity index (χ2v) is 6.32. The Morgan fingerprint density at radius 3 is 2.69 bits per heavy atom. The van der Waals surface area contributed by atoms with Gasteiger partial charge in [-0.1, -0.05) is 0 Å². The summed E-state index contributed by atoms with van der Waals surface area (Å²) in [5.74, 6) is 1.29. The van der Waals surface area contributed by atoms with E-state index in [1.165, 1.54) is 0 Å². The van der Waals surface area contributed by atoms with Gasteiger partial charge in [0.1, 0.15) is 11.5 Å². The Morgan fingerprint density at radius 2 is 2.12 bits per heavy atom. The van der Waals surface area contributed by atoms with Crippen molar-refractivity contribution in [2.45, 2.75) is 26.0 Å². The van der Waals surface area contributed by atoms with E-state index >= 15 is 0 Å². The van der Waals surface area contributed by atoms with Crippen molar-refractivity contribution in [2.24, 2.45) is 0 Å². The van der Waals surface area contributed by atoms with E-state index < -0.39 is 0 Å². The summed E-state index contributed by atoms with van der Waals surface area (Å²) in [6.45, 7) is 4.16. The summed E-state index contributed by atoms with van der Waals surface area (Å²) in [6.07, 6.45) is 1.55. The molecule has 0 radical (unpaired) electrons. The van der Waals surface area contributed by atoms with Gasteiger partial charge in [-0.25, -0.2) is 4.79 Å². The monoisotopic (exact) mass is 356 g/mol. The summed E-state index contributed by atoms with van der Waals surface area (Å²) >= 11 is 0. The highest BCUT2D eigenvalue weighted by Gasteiger charge is 2.18. The van der Waals surface area contributed by atoms with Crippen LogP contribution in [-0.4, -0.2) is 37.7 Å². The molecule has 0 bridgehead atoms. The summed E-state index contributed by atoms with van der Waals surface area (Å²) in [5, 5.41) is 14.7. The number of anilines is 1. The molecule has 1 aromatic carbocycles. The van der Waals surface area contributed by atoms with E-state index in [4.69, 9.17) is 14.4 Å². The lowest BCUT2D eigenvalue weighted by atomic mass is 10.2. The number of carbonyl (C=O) groups excluding carboxylic acids is 1. The Bertz CT molecular complexity index is 764. The van der Waals surface area contributed by atoms with Crippen LogP contribution in [0.15, 0.2) is 41.0 Å². The molecule has 1 unspecified atom stereocenters. The van der Waals surface area contributed by atoms with Gasteiger partial charge in [0.25, 0.3) is 0 Å². The van der Waals surface area contributed by atoms with Crippen LogP contribution < -0.4 is 15.4 Å². The Kier molecular flexibility index (Phi) is 6.64. The molecule has 0 fully saturated rings. The predicted octanol–water partition coefficient (Wildman–Crippen LogP) is 3.36. The van der Waals surface area contributed by atoms with E-state index in [-0.39, 0.29) is 18.2 Å². The molecule has 1 atom stereocenters. The summed E-state index contributed by atoms with van der Waals surface area (Å²) < 4.78 is 11.1. The fourth-order valence-corrected chi connectivity index (χ4v) is 2.43. The van der Waals surface area contributed by atoms with Gasteiger partial charge in [0, 0.05) is 6.54 Å². The Labute approximate surface area is 153 Å². The van der Waals surface area contributed by atoms with Gasteiger partial charge < -0.3 is 19.8 Å². The van der Waals surface area contributed by atoms with Crippen LogP contribution >= 0.6 is 0 Å². The van der Waals surface area contributed by atoms with Gasteiger partial charge in [-0.05, 0) is 58.3 Å². The van der Waals surface area contributed by atoms with E-state index in [1.807, 2.05) is 45.0 Å². The smallest absolute Gasteiger partial charge is 0.319 e. The first kappa shape index (κ1) is 19.3. The molecule has 7 heteroatoms. The number of carbonyl (C=O) groups is 1. The van der Waals surface area contributed by atoms with Gasteiger partial charge in [-0.2, -0.15) is 5.26 Å². The molecule has 0 spiro atoms. The van der Waals surface area contributed by atoms with Crippen LogP contribution in [0.25, 0.3) is 0 Å². The average Bonchev–Trinajstić information content (AvgIpc) is 3.10. The minimum Gasteiger partial charge on any atom is -0.489 e. The molecule has 2 N–H and O–H groups in total. The number of nitrogens with zero attached hydrogens (tertiary/aromatic N) is 2. The molecule has 7 nitrogen and oxygen atoms in total. The zero-order chi connectivity index (χ0) is 19.1. The molecule has 0 aliphatic carbocycles. The van der Waals surface area contributed by atoms with Gasteiger partial charge in [0.2, 0.25) is 0 Å². The minimum absolute atomic E-state index is 0.0522. The van der Waals surface area contributed by atoms with Crippen LogP contribution in [0.3, 0.4) is 0 Å². The molecule has 0 saturated carbocycles. The van der Waals surface area contributed by atoms with E-state index in [2.05, 4.69) is 16.7 Å². The summed E-state index contributed by atoms with van der Waals surface area (Å²) in [6, 6.07) is 10.2. The molecule has 1 aromatic heterocycles. The number of hydrogen-bond donors (Lipinski definition) is 2. The molecule has 0 aliphatic heterocycles. The first-order valence-corrected chi connectivity index (χ1v) is 8.36. The number of rotatable bonds is 7. The van der Waals surface area contributed by atoms with Gasteiger partial charge in [-0.3, -0.25) is 4.90 Å². The fraction of sp³-hybridized carbons (Fsp3) is 0.368. The van der Waals surface area contributed by atoms with Crippen molar-refractivity contribution in [1.29, 1.82) is 5.26 Å². The first-order chi connectivity index (χ1) is 12.4. The highest BCUT2D eigenvalue weighted by atomic mass is 16.5. The SMILES string of the molecule is CC(C)Oc1ccc(C#N)cc1NC(=O)NCC(c1ccco1)N(C)C. The third kappa shape index (κ3) is 5.26. The maximum atomic E-state index is 12.3. The van der Waals surface area contributed by atoms with Crippen molar-refractivity contribution >= 4 is 11.7 Å². The zero-order valence-corrected chi connectivity index (χ0v) is 15.4. The topological polar surface area (TPSA) is 90.5 Å². The molecule has 0 saturated heterocycles. The number of ether oxygens (including phenoxy) is 1. The molecule has 2 rings (SSSR count). The van der Waals surface area contributed by atoms with Gasteiger partial charge in [-0.15, -0.1) is 0 Å². The van der Waals surface area contributed by atoms with Crippen molar-refractivity contribution < 1.29 is 13.9 Å². The number of amides is 2. The van der Waals surface area contributed by atoms with Crippen molar-refractivity contribution in [3.8, 4) is 11.8 Å². The molecule has 26 heavy (non-hydrogen) atoms. The number of hydrogen-bond acceptors (Lipinski definition) is 5. The van der Waals surface area contributed by atoms with Crippen LogP contribution in [-0.2, 0) is 0 Å². The predicted molar refractivity (Wildman–Crippen MR) is 99.1 cm³/mol. The van der Waals surface area contributed by atoms with E-state index in [1.54, 1.807) is 24.5 Å². The third-order valence-electron chi connectivity index (χ3n) is 3.67. The third-order valence-corrected chi connectivity index (χ3v) is 3.67. The summed E-state index contributed by atoms with van der Waals surface area (Å²) in [7, 11) is 3.83. The van der Waals surface area contributed by atoms with E-state index in [0.29, 0.717) is 23.5 Å². The molecule has 0 aliphatic rings. The Balaban J connectivity index is 2.06. The quantitative estimate of drug-likeness (QED) is 0.794. The number of likely N-dealkylation sites (N-methyl/N-ethyl adjacent to an activating group) is 1. The molecular formula is C19H24N4O3. The van der Waals surface area contributed by atoms with Crippen LogP contribution in [0.4, 0.5) is 10.5 Å². The van der Waals surface area contributed by atoms with E-state index in [9.17, 15) is 4.79 Å². The van der Waals surface area contributed by atoms with Crippen LogP contribution in [0.2, 0.25) is 0 Å². The van der Waals surface area contributed by atoms with E-state index in [0.717, 1.165) is 5.76 Å². The highest BCUT2D eigenvalue weighted by molar-refractivity contribution is 5.91. The number of furan rings is 1. The lowest BCUT2D eigenvalue weighted by Crippen LogP contribution is -2.36. The molecule has 2 aromatic rings.